The van der Waals surface area contributed by atoms with Crippen LogP contribution in [0, 0.1) is 10.8 Å². The first-order valence-corrected chi connectivity index (χ1v) is 10.2. The van der Waals surface area contributed by atoms with Crippen LogP contribution in [0.2, 0.25) is 0 Å². The third-order valence-electron chi connectivity index (χ3n) is 6.25. The summed E-state index contributed by atoms with van der Waals surface area (Å²) in [6, 6.07) is 7.75. The number of carbonyl (C=O) groups excluding carboxylic acids is 3. The number of carbonyl (C=O) groups is 3. The van der Waals surface area contributed by atoms with Crippen molar-refractivity contribution in [2.24, 2.45) is 10.8 Å². The highest BCUT2D eigenvalue weighted by Gasteiger charge is 2.50. The normalized spacial score (nSPS) is 24.9. The monoisotopic (exact) mass is 400 g/mol. The molecule has 158 valence electrons. The van der Waals surface area contributed by atoms with Crippen molar-refractivity contribution in [3.8, 4) is 0 Å². The zero-order valence-corrected chi connectivity index (χ0v) is 18.2. The molecule has 1 aromatic rings. The summed E-state index contributed by atoms with van der Waals surface area (Å²) >= 11 is 0. The van der Waals surface area contributed by atoms with Crippen LogP contribution in [0.1, 0.15) is 62.4 Å². The quantitative estimate of drug-likeness (QED) is 0.562. The van der Waals surface area contributed by atoms with Crippen LogP contribution in [0.4, 0.5) is 0 Å². The van der Waals surface area contributed by atoms with Gasteiger partial charge < -0.3 is 14.5 Å². The van der Waals surface area contributed by atoms with E-state index >= 15 is 0 Å². The maximum atomic E-state index is 13.1. The first kappa shape index (κ1) is 21.3. The average Bonchev–Trinajstić information content (AvgIpc) is 2.90. The molecule has 1 heterocycles. The number of ether oxygens (including phenoxy) is 1. The van der Waals surface area contributed by atoms with Crippen LogP contribution < -0.4 is 0 Å². The fraction of sp³-hybridized carbons (Fsp3) is 0.609. The number of esters is 1. The van der Waals surface area contributed by atoms with E-state index in [1.807, 2.05) is 24.3 Å². The molecule has 2 bridgehead atoms. The molecule has 0 spiro atoms. The van der Waals surface area contributed by atoms with Crippen LogP contribution in [-0.2, 0) is 20.9 Å². The smallest absolute Gasteiger partial charge is 0.315 e. The molecule has 2 unspecified atom stereocenters. The van der Waals surface area contributed by atoms with E-state index in [1.54, 1.807) is 7.05 Å². The molecule has 6 nitrogen and oxygen atoms in total. The Balaban J connectivity index is 1.64. The van der Waals surface area contributed by atoms with Gasteiger partial charge in [0.1, 0.15) is 6.42 Å². The van der Waals surface area contributed by atoms with Gasteiger partial charge in [0.15, 0.2) is 0 Å². The highest BCUT2D eigenvalue weighted by molar-refractivity contribution is 5.95. The summed E-state index contributed by atoms with van der Waals surface area (Å²) < 4.78 is 4.53. The average molecular weight is 401 g/mol. The highest BCUT2D eigenvalue weighted by Crippen LogP contribution is 2.52. The van der Waals surface area contributed by atoms with Crippen LogP contribution in [0.3, 0.4) is 0 Å². The van der Waals surface area contributed by atoms with Crippen molar-refractivity contribution in [1.82, 2.24) is 9.80 Å². The molecule has 0 radical (unpaired) electrons. The van der Waals surface area contributed by atoms with Gasteiger partial charge in [0.2, 0.25) is 5.91 Å². The molecule has 1 aliphatic carbocycles. The lowest BCUT2D eigenvalue weighted by Gasteiger charge is -2.39. The van der Waals surface area contributed by atoms with Crippen molar-refractivity contribution in [1.29, 1.82) is 0 Å². The minimum atomic E-state index is -0.546. The Kier molecular flexibility index (Phi) is 5.74. The zero-order valence-electron chi connectivity index (χ0n) is 18.2. The Morgan fingerprint density at radius 3 is 2.41 bits per heavy atom. The van der Waals surface area contributed by atoms with Gasteiger partial charge in [-0.2, -0.15) is 0 Å². The predicted octanol–water partition coefficient (Wildman–Crippen LogP) is 3.25. The molecule has 1 saturated carbocycles. The summed E-state index contributed by atoms with van der Waals surface area (Å²) in [5.74, 6) is -0.745. The van der Waals surface area contributed by atoms with Gasteiger partial charge in [-0.05, 0) is 47.8 Å². The second-order valence-corrected chi connectivity index (χ2v) is 9.85. The summed E-state index contributed by atoms with van der Waals surface area (Å²) in [5.41, 5.74) is 2.09. The lowest BCUT2D eigenvalue weighted by molar-refractivity contribution is -0.146. The summed E-state index contributed by atoms with van der Waals surface area (Å²) in [7, 11) is 2.91. The lowest BCUT2D eigenvalue weighted by Crippen LogP contribution is -2.37. The molecule has 2 aliphatic rings. The van der Waals surface area contributed by atoms with E-state index in [2.05, 4.69) is 30.4 Å². The molecule has 0 N–H and O–H groups in total. The third kappa shape index (κ3) is 4.80. The van der Waals surface area contributed by atoms with Gasteiger partial charge in [-0.25, -0.2) is 0 Å². The van der Waals surface area contributed by atoms with Crippen molar-refractivity contribution < 1.29 is 19.1 Å². The minimum Gasteiger partial charge on any atom is -0.469 e. The first-order chi connectivity index (χ1) is 13.5. The van der Waals surface area contributed by atoms with Crippen LogP contribution in [0.25, 0.3) is 0 Å². The fourth-order valence-electron chi connectivity index (χ4n) is 5.31. The van der Waals surface area contributed by atoms with E-state index in [0.29, 0.717) is 18.2 Å². The van der Waals surface area contributed by atoms with Crippen LogP contribution >= 0.6 is 0 Å². The molecular formula is C23H32N2O4. The molecular weight excluding hydrogens is 368 g/mol. The molecule has 2 atom stereocenters. The Morgan fingerprint density at radius 1 is 1.14 bits per heavy atom. The maximum absolute atomic E-state index is 13.1. The molecule has 29 heavy (non-hydrogen) atoms. The highest BCUT2D eigenvalue weighted by atomic mass is 16.5. The van der Waals surface area contributed by atoms with E-state index in [-0.39, 0.29) is 29.1 Å². The van der Waals surface area contributed by atoms with E-state index in [9.17, 15) is 14.4 Å². The Bertz CT molecular complexity index is 802. The van der Waals surface area contributed by atoms with Gasteiger partial charge in [0.05, 0.1) is 7.11 Å². The van der Waals surface area contributed by atoms with Crippen molar-refractivity contribution in [3.63, 3.8) is 0 Å². The Labute approximate surface area is 173 Å². The number of benzene rings is 1. The molecule has 6 heteroatoms. The molecule has 1 saturated heterocycles. The zero-order chi connectivity index (χ0) is 21.4. The fourth-order valence-corrected chi connectivity index (χ4v) is 5.31. The lowest BCUT2D eigenvalue weighted by atomic mass is 9.65. The Hall–Kier alpha value is -2.37. The van der Waals surface area contributed by atoms with Gasteiger partial charge in [0, 0.05) is 31.7 Å². The number of likely N-dealkylation sites (tertiary alicyclic amines) is 1. The van der Waals surface area contributed by atoms with E-state index < -0.39 is 5.97 Å². The molecule has 0 aromatic heterocycles. The number of hydrogen-bond acceptors (Lipinski definition) is 4. The molecule has 2 amide bonds. The number of amides is 2. The number of hydrogen-bond donors (Lipinski definition) is 0. The first-order valence-electron chi connectivity index (χ1n) is 10.2. The van der Waals surface area contributed by atoms with Crippen LogP contribution in [-0.4, -0.2) is 54.3 Å². The van der Waals surface area contributed by atoms with E-state index in [0.717, 1.165) is 31.4 Å². The Morgan fingerprint density at radius 2 is 1.79 bits per heavy atom. The number of methoxy groups -OCH3 is 1. The van der Waals surface area contributed by atoms with Gasteiger partial charge >= 0.3 is 5.97 Å². The second kappa shape index (κ2) is 7.81. The largest absolute Gasteiger partial charge is 0.469 e. The second-order valence-electron chi connectivity index (χ2n) is 9.85. The van der Waals surface area contributed by atoms with Gasteiger partial charge in [-0.1, -0.05) is 32.9 Å². The maximum Gasteiger partial charge on any atom is 0.315 e. The predicted molar refractivity (Wildman–Crippen MR) is 110 cm³/mol. The molecule has 3 rings (SSSR count). The standard InChI is InChI=1S/C23H32N2O4/c1-22(2)11-18-12-23(3,14-22)15-25(18)21(28)17-8-6-16(7-9-17)13-24(4)19(26)10-20(27)29-5/h6-9,18H,10-15H2,1-5H3. The molecule has 2 fully saturated rings. The summed E-state index contributed by atoms with van der Waals surface area (Å²) in [5, 5.41) is 0. The SMILES string of the molecule is COC(=O)CC(=O)N(C)Cc1ccc(C(=O)N2CC3(C)CC2CC(C)(C)C3)cc1. The molecule has 1 aliphatic heterocycles. The van der Waals surface area contributed by atoms with Gasteiger partial charge in [-0.15, -0.1) is 0 Å². The van der Waals surface area contributed by atoms with Crippen molar-refractivity contribution >= 4 is 17.8 Å². The van der Waals surface area contributed by atoms with Crippen molar-refractivity contribution in [2.75, 3.05) is 20.7 Å². The van der Waals surface area contributed by atoms with Crippen molar-refractivity contribution in [2.45, 2.75) is 59.0 Å². The topological polar surface area (TPSA) is 66.9 Å². The summed E-state index contributed by atoms with van der Waals surface area (Å²) in [6.07, 6.45) is 3.03. The van der Waals surface area contributed by atoms with Crippen molar-refractivity contribution in [3.05, 3.63) is 35.4 Å². The van der Waals surface area contributed by atoms with Crippen LogP contribution in [0.5, 0.6) is 0 Å². The number of nitrogens with zero attached hydrogens (tertiary/aromatic N) is 2. The van der Waals surface area contributed by atoms with E-state index in [4.69, 9.17) is 0 Å². The van der Waals surface area contributed by atoms with E-state index in [1.165, 1.54) is 12.0 Å². The third-order valence-corrected chi connectivity index (χ3v) is 6.25. The number of fused-ring (bicyclic) bond motifs is 2. The molecule has 1 aromatic carbocycles. The minimum absolute atomic E-state index is 0.0955. The summed E-state index contributed by atoms with van der Waals surface area (Å²) in [4.78, 5) is 40.0. The van der Waals surface area contributed by atoms with Gasteiger partial charge in [-0.3, -0.25) is 14.4 Å². The number of rotatable bonds is 5. The van der Waals surface area contributed by atoms with Crippen LogP contribution in [0.15, 0.2) is 24.3 Å². The summed E-state index contributed by atoms with van der Waals surface area (Å²) in [6.45, 7) is 8.12. The van der Waals surface area contributed by atoms with Gasteiger partial charge in [0.25, 0.3) is 5.91 Å².